The minimum atomic E-state index is -0.434. The minimum Gasteiger partial charge on any atom is -0.340 e. The Kier molecular flexibility index (Phi) is 4.53. The summed E-state index contributed by atoms with van der Waals surface area (Å²) in [5.74, 6) is -0.0327. The number of hydrogen-bond acceptors (Lipinski definition) is 2. The van der Waals surface area contributed by atoms with Gasteiger partial charge >= 0.3 is 0 Å². The number of carbonyl (C=O) groups excluding carboxylic acids is 1. The number of likely N-dealkylation sites (N-methyl/N-ethyl adjacent to an activating group) is 1. The van der Waals surface area contributed by atoms with E-state index in [-0.39, 0.29) is 5.91 Å². The van der Waals surface area contributed by atoms with Crippen molar-refractivity contribution in [2.45, 2.75) is 19.5 Å². The van der Waals surface area contributed by atoms with Crippen molar-refractivity contribution in [1.29, 1.82) is 0 Å². The predicted octanol–water partition coefficient (Wildman–Crippen LogP) is 1.60. The van der Waals surface area contributed by atoms with Crippen molar-refractivity contribution < 1.29 is 4.79 Å². The van der Waals surface area contributed by atoms with Gasteiger partial charge in [0.25, 0.3) is 0 Å². The lowest BCUT2D eigenvalue weighted by atomic mass is 10.2. The molecule has 1 aromatic carbocycles. The van der Waals surface area contributed by atoms with Gasteiger partial charge in [-0.25, -0.2) is 0 Å². The number of amides is 1. The van der Waals surface area contributed by atoms with Gasteiger partial charge in [0.05, 0.1) is 6.04 Å². The standard InChI is InChI=1S/C11H15IN2O/c1-8(13)11(15)14(2)7-9-5-3-4-6-10(9)12/h3-6,8H,7,13H2,1-2H3. The average Bonchev–Trinajstić information content (AvgIpc) is 2.20. The molecule has 0 saturated heterocycles. The highest BCUT2D eigenvalue weighted by molar-refractivity contribution is 14.1. The molecule has 1 aromatic rings. The van der Waals surface area contributed by atoms with E-state index in [4.69, 9.17) is 5.73 Å². The maximum Gasteiger partial charge on any atom is 0.239 e. The van der Waals surface area contributed by atoms with Crippen LogP contribution in [0.15, 0.2) is 24.3 Å². The van der Waals surface area contributed by atoms with Crippen LogP contribution in [0.4, 0.5) is 0 Å². The third-order valence-electron chi connectivity index (χ3n) is 2.13. The van der Waals surface area contributed by atoms with E-state index < -0.39 is 6.04 Å². The van der Waals surface area contributed by atoms with E-state index in [1.165, 1.54) is 3.57 Å². The second kappa shape index (κ2) is 5.46. The molecule has 1 rings (SSSR count). The molecule has 0 aliphatic heterocycles. The summed E-state index contributed by atoms with van der Waals surface area (Å²) >= 11 is 2.27. The van der Waals surface area contributed by atoms with Gasteiger partial charge in [0, 0.05) is 17.2 Å². The summed E-state index contributed by atoms with van der Waals surface area (Å²) < 4.78 is 1.17. The van der Waals surface area contributed by atoms with Crippen molar-refractivity contribution >= 4 is 28.5 Å². The average molecular weight is 318 g/mol. The van der Waals surface area contributed by atoms with Gasteiger partial charge in [-0.3, -0.25) is 4.79 Å². The van der Waals surface area contributed by atoms with E-state index in [1.54, 1.807) is 18.9 Å². The fourth-order valence-electron chi connectivity index (χ4n) is 1.31. The molecular weight excluding hydrogens is 303 g/mol. The quantitative estimate of drug-likeness (QED) is 0.861. The normalized spacial score (nSPS) is 12.3. The Morgan fingerprint density at radius 2 is 2.13 bits per heavy atom. The zero-order chi connectivity index (χ0) is 11.4. The Balaban J connectivity index is 2.71. The third kappa shape index (κ3) is 3.46. The second-order valence-corrected chi connectivity index (χ2v) is 4.74. The zero-order valence-electron chi connectivity index (χ0n) is 8.90. The van der Waals surface area contributed by atoms with Crippen LogP contribution in [-0.2, 0) is 11.3 Å². The van der Waals surface area contributed by atoms with Gasteiger partial charge in [0.2, 0.25) is 5.91 Å². The summed E-state index contributed by atoms with van der Waals surface area (Å²) in [5, 5.41) is 0. The van der Waals surface area contributed by atoms with Crippen LogP contribution in [0, 0.1) is 3.57 Å². The molecule has 0 saturated carbocycles. The van der Waals surface area contributed by atoms with Gasteiger partial charge in [-0.1, -0.05) is 18.2 Å². The SMILES string of the molecule is CC(N)C(=O)N(C)Cc1ccccc1I. The largest absolute Gasteiger partial charge is 0.340 e. The van der Waals surface area contributed by atoms with Crippen LogP contribution in [0.2, 0.25) is 0 Å². The van der Waals surface area contributed by atoms with Crippen LogP contribution in [0.5, 0.6) is 0 Å². The highest BCUT2D eigenvalue weighted by Crippen LogP contribution is 2.13. The molecule has 0 heterocycles. The second-order valence-electron chi connectivity index (χ2n) is 3.57. The summed E-state index contributed by atoms with van der Waals surface area (Å²) in [6, 6.07) is 7.57. The molecule has 1 unspecified atom stereocenters. The van der Waals surface area contributed by atoms with Gasteiger partial charge in [-0.2, -0.15) is 0 Å². The fourth-order valence-corrected chi connectivity index (χ4v) is 1.87. The lowest BCUT2D eigenvalue weighted by molar-refractivity contribution is -0.131. The molecular formula is C11H15IN2O. The molecule has 0 aliphatic rings. The lowest BCUT2D eigenvalue weighted by Crippen LogP contribution is -2.39. The van der Waals surface area contributed by atoms with Crippen molar-refractivity contribution in [3.05, 3.63) is 33.4 Å². The number of hydrogen-bond donors (Lipinski definition) is 1. The molecule has 82 valence electrons. The summed E-state index contributed by atoms with van der Waals surface area (Å²) in [4.78, 5) is 13.2. The topological polar surface area (TPSA) is 46.3 Å². The molecule has 2 N–H and O–H groups in total. The van der Waals surface area contributed by atoms with Crippen molar-refractivity contribution in [3.63, 3.8) is 0 Å². The molecule has 3 nitrogen and oxygen atoms in total. The van der Waals surface area contributed by atoms with E-state index >= 15 is 0 Å². The van der Waals surface area contributed by atoms with Gasteiger partial charge in [0.15, 0.2) is 0 Å². The minimum absolute atomic E-state index is 0.0327. The predicted molar refractivity (Wildman–Crippen MR) is 69.3 cm³/mol. The zero-order valence-corrected chi connectivity index (χ0v) is 11.1. The van der Waals surface area contributed by atoms with Gasteiger partial charge in [0.1, 0.15) is 0 Å². The van der Waals surface area contributed by atoms with E-state index in [0.717, 1.165) is 5.56 Å². The first kappa shape index (κ1) is 12.4. The van der Waals surface area contributed by atoms with E-state index in [9.17, 15) is 4.79 Å². The molecule has 0 bridgehead atoms. The molecule has 15 heavy (non-hydrogen) atoms. The van der Waals surface area contributed by atoms with Crippen molar-refractivity contribution in [1.82, 2.24) is 4.90 Å². The molecule has 0 radical (unpaired) electrons. The van der Waals surface area contributed by atoms with Crippen LogP contribution >= 0.6 is 22.6 Å². The maximum absolute atomic E-state index is 11.6. The van der Waals surface area contributed by atoms with E-state index in [2.05, 4.69) is 22.6 Å². The number of carbonyl (C=O) groups is 1. The van der Waals surface area contributed by atoms with Crippen molar-refractivity contribution in [2.75, 3.05) is 7.05 Å². The molecule has 0 aliphatic carbocycles. The number of nitrogens with two attached hydrogens (primary N) is 1. The number of nitrogens with zero attached hydrogens (tertiary/aromatic N) is 1. The number of benzene rings is 1. The highest BCUT2D eigenvalue weighted by Gasteiger charge is 2.14. The smallest absolute Gasteiger partial charge is 0.239 e. The Labute approximate surface area is 104 Å². The van der Waals surface area contributed by atoms with Crippen molar-refractivity contribution in [3.8, 4) is 0 Å². The van der Waals surface area contributed by atoms with Gasteiger partial charge < -0.3 is 10.6 Å². The van der Waals surface area contributed by atoms with Crippen LogP contribution in [0.3, 0.4) is 0 Å². The van der Waals surface area contributed by atoms with E-state index in [1.807, 2.05) is 24.3 Å². The fraction of sp³-hybridized carbons (Fsp3) is 0.364. The number of halogens is 1. The maximum atomic E-state index is 11.6. The Hall–Kier alpha value is -0.620. The van der Waals surface area contributed by atoms with Crippen LogP contribution in [-0.4, -0.2) is 23.9 Å². The molecule has 0 aromatic heterocycles. The lowest BCUT2D eigenvalue weighted by Gasteiger charge is -2.19. The molecule has 1 atom stereocenters. The molecule has 4 heteroatoms. The summed E-state index contributed by atoms with van der Waals surface area (Å²) in [5.41, 5.74) is 6.68. The van der Waals surface area contributed by atoms with Crippen LogP contribution in [0.1, 0.15) is 12.5 Å². The number of rotatable bonds is 3. The first-order valence-electron chi connectivity index (χ1n) is 4.76. The van der Waals surface area contributed by atoms with Crippen LogP contribution < -0.4 is 5.73 Å². The van der Waals surface area contributed by atoms with Crippen molar-refractivity contribution in [2.24, 2.45) is 5.73 Å². The Morgan fingerprint density at radius 3 is 2.67 bits per heavy atom. The Morgan fingerprint density at radius 1 is 1.53 bits per heavy atom. The molecule has 0 fully saturated rings. The van der Waals surface area contributed by atoms with Crippen LogP contribution in [0.25, 0.3) is 0 Å². The highest BCUT2D eigenvalue weighted by atomic mass is 127. The van der Waals surface area contributed by atoms with Gasteiger partial charge in [-0.15, -0.1) is 0 Å². The summed E-state index contributed by atoms with van der Waals surface area (Å²) in [7, 11) is 1.77. The molecule has 0 spiro atoms. The summed E-state index contributed by atoms with van der Waals surface area (Å²) in [6.07, 6.45) is 0. The third-order valence-corrected chi connectivity index (χ3v) is 3.18. The van der Waals surface area contributed by atoms with E-state index in [0.29, 0.717) is 6.54 Å². The summed E-state index contributed by atoms with van der Waals surface area (Å²) in [6.45, 7) is 2.31. The van der Waals surface area contributed by atoms with Gasteiger partial charge in [-0.05, 0) is 41.1 Å². The monoisotopic (exact) mass is 318 g/mol. The molecule has 1 amide bonds. The first-order chi connectivity index (χ1) is 7.02. The Bertz CT molecular complexity index is 352. The first-order valence-corrected chi connectivity index (χ1v) is 5.84.